The van der Waals surface area contributed by atoms with Crippen molar-refractivity contribution in [1.29, 1.82) is 0 Å². The van der Waals surface area contributed by atoms with Crippen molar-refractivity contribution in [3.8, 4) is 11.5 Å². The number of rotatable bonds is 10. The highest BCUT2D eigenvalue weighted by atomic mass is 28.4. The molecule has 0 unspecified atom stereocenters. The second-order valence-corrected chi connectivity index (χ2v) is 19.6. The van der Waals surface area contributed by atoms with Gasteiger partial charge in [0.05, 0.1) is 0 Å². The van der Waals surface area contributed by atoms with E-state index in [0.29, 0.717) is 13.5 Å². The molecular weight excluding hydrogens is 444 g/mol. The predicted molar refractivity (Wildman–Crippen MR) is 140 cm³/mol. The molecule has 0 aliphatic carbocycles. The zero-order valence-electron chi connectivity index (χ0n) is 20.8. The average Bonchev–Trinajstić information content (AvgIpc) is 2.78. The monoisotopic (exact) mass is 484 g/mol. The summed E-state index contributed by atoms with van der Waals surface area (Å²) in [7, 11) is -3.35. The standard InChI is InChI=1S/C26H40N2O3Si2/c1-32(2,17-9-15-27-19-23-11-5-7-13-25(23)29-21-27)31-33(3,4)18-10-16-28-20-24-12-6-8-14-26(24)30-22-28/h5-8,11-14H,9-10,15-22H2,1-4H3. The topological polar surface area (TPSA) is 34.2 Å². The van der Waals surface area contributed by atoms with Gasteiger partial charge in [0.25, 0.3) is 0 Å². The van der Waals surface area contributed by atoms with Crippen LogP contribution in [0.25, 0.3) is 0 Å². The predicted octanol–water partition coefficient (Wildman–Crippen LogP) is 5.90. The van der Waals surface area contributed by atoms with E-state index >= 15 is 0 Å². The second kappa shape index (κ2) is 10.7. The first kappa shape index (κ1) is 24.5. The van der Waals surface area contributed by atoms with Crippen LogP contribution >= 0.6 is 0 Å². The summed E-state index contributed by atoms with van der Waals surface area (Å²) in [6.07, 6.45) is 2.36. The van der Waals surface area contributed by atoms with Crippen LogP contribution in [-0.4, -0.2) is 53.0 Å². The number of benzene rings is 2. The van der Waals surface area contributed by atoms with Crippen LogP contribution in [0.1, 0.15) is 24.0 Å². The molecule has 0 radical (unpaired) electrons. The minimum atomic E-state index is -1.68. The maximum Gasteiger partial charge on any atom is 0.173 e. The quantitative estimate of drug-likeness (QED) is 0.392. The largest absolute Gasteiger partial charge is 0.478 e. The molecule has 2 aromatic carbocycles. The lowest BCUT2D eigenvalue weighted by Crippen LogP contribution is -2.45. The number of ether oxygens (including phenoxy) is 2. The van der Waals surface area contributed by atoms with Crippen molar-refractivity contribution in [2.24, 2.45) is 0 Å². The number of fused-ring (bicyclic) bond motifs is 2. The molecule has 4 rings (SSSR count). The van der Waals surface area contributed by atoms with Gasteiger partial charge in [-0.05, 0) is 63.3 Å². The Kier molecular flexibility index (Phi) is 7.96. The Balaban J connectivity index is 1.16. The van der Waals surface area contributed by atoms with Crippen molar-refractivity contribution in [2.75, 3.05) is 26.6 Å². The van der Waals surface area contributed by atoms with Gasteiger partial charge in [-0.3, -0.25) is 9.80 Å². The lowest BCUT2D eigenvalue weighted by molar-refractivity contribution is 0.0951. The second-order valence-electron chi connectivity index (χ2n) is 10.7. The van der Waals surface area contributed by atoms with Crippen LogP contribution in [0.15, 0.2) is 48.5 Å². The molecule has 0 bridgehead atoms. The Labute approximate surface area is 201 Å². The summed E-state index contributed by atoms with van der Waals surface area (Å²) in [5.41, 5.74) is 2.60. The lowest BCUT2D eigenvalue weighted by atomic mass is 10.1. The van der Waals surface area contributed by atoms with Crippen LogP contribution in [0.4, 0.5) is 0 Å². The summed E-state index contributed by atoms with van der Waals surface area (Å²) in [4.78, 5) is 4.82. The fourth-order valence-corrected chi connectivity index (χ4v) is 13.9. The van der Waals surface area contributed by atoms with E-state index in [-0.39, 0.29) is 0 Å². The molecule has 2 heterocycles. The van der Waals surface area contributed by atoms with Crippen LogP contribution in [-0.2, 0) is 17.2 Å². The fraction of sp³-hybridized carbons (Fsp3) is 0.538. The molecule has 0 atom stereocenters. The number of hydrogen-bond acceptors (Lipinski definition) is 5. The van der Waals surface area contributed by atoms with Gasteiger partial charge in [0.15, 0.2) is 16.6 Å². The first-order valence-corrected chi connectivity index (χ1v) is 18.6. The van der Waals surface area contributed by atoms with Gasteiger partial charge in [-0.15, -0.1) is 0 Å². The van der Waals surface area contributed by atoms with Crippen LogP contribution in [0.5, 0.6) is 11.5 Å². The van der Waals surface area contributed by atoms with Crippen LogP contribution in [0.2, 0.25) is 38.3 Å². The van der Waals surface area contributed by atoms with Gasteiger partial charge in [-0.25, -0.2) is 0 Å². The van der Waals surface area contributed by atoms with Crippen LogP contribution in [0.3, 0.4) is 0 Å². The van der Waals surface area contributed by atoms with Gasteiger partial charge in [-0.2, -0.15) is 0 Å². The lowest BCUT2D eigenvalue weighted by Gasteiger charge is -2.36. The first-order chi connectivity index (χ1) is 15.8. The molecule has 0 amide bonds. The highest BCUT2D eigenvalue weighted by molar-refractivity contribution is 6.84. The van der Waals surface area contributed by atoms with Gasteiger partial charge in [0.1, 0.15) is 25.0 Å². The van der Waals surface area contributed by atoms with Gasteiger partial charge >= 0.3 is 0 Å². The number of nitrogens with zero attached hydrogens (tertiary/aromatic N) is 2. The normalized spacial score (nSPS) is 17.1. The maximum absolute atomic E-state index is 6.89. The fourth-order valence-electron chi connectivity index (χ4n) is 5.04. The Morgan fingerprint density at radius 3 is 1.58 bits per heavy atom. The third-order valence-electron chi connectivity index (χ3n) is 6.60. The summed E-state index contributed by atoms with van der Waals surface area (Å²) in [5.74, 6) is 2.08. The molecule has 7 heteroatoms. The molecule has 0 N–H and O–H groups in total. The van der Waals surface area contributed by atoms with Gasteiger partial charge < -0.3 is 13.6 Å². The smallest absolute Gasteiger partial charge is 0.173 e. The summed E-state index contributed by atoms with van der Waals surface area (Å²) < 4.78 is 18.7. The van der Waals surface area contributed by atoms with E-state index in [4.69, 9.17) is 13.6 Å². The molecule has 2 aliphatic heterocycles. The molecule has 5 nitrogen and oxygen atoms in total. The molecule has 2 aliphatic rings. The van der Waals surface area contributed by atoms with E-state index in [1.807, 2.05) is 12.1 Å². The van der Waals surface area contributed by atoms with Crippen molar-refractivity contribution in [3.05, 3.63) is 59.7 Å². The van der Waals surface area contributed by atoms with Crippen molar-refractivity contribution in [1.82, 2.24) is 9.80 Å². The molecule has 0 saturated heterocycles. The molecule has 180 valence electrons. The highest BCUT2D eigenvalue weighted by Crippen LogP contribution is 2.28. The maximum atomic E-state index is 6.89. The molecule has 0 fully saturated rings. The van der Waals surface area contributed by atoms with Crippen molar-refractivity contribution >= 4 is 16.6 Å². The Morgan fingerprint density at radius 1 is 0.697 bits per heavy atom. The minimum Gasteiger partial charge on any atom is -0.478 e. The summed E-state index contributed by atoms with van der Waals surface area (Å²) in [6, 6.07) is 19.2. The Bertz CT molecular complexity index is 848. The summed E-state index contributed by atoms with van der Waals surface area (Å²) in [6.45, 7) is 15.1. The highest BCUT2D eigenvalue weighted by Gasteiger charge is 2.33. The molecule has 33 heavy (non-hydrogen) atoms. The van der Waals surface area contributed by atoms with Crippen LogP contribution in [0, 0.1) is 0 Å². The van der Waals surface area contributed by atoms with E-state index in [0.717, 1.165) is 37.7 Å². The average molecular weight is 485 g/mol. The summed E-state index contributed by atoms with van der Waals surface area (Å²) >= 11 is 0. The van der Waals surface area contributed by atoms with E-state index < -0.39 is 16.6 Å². The summed E-state index contributed by atoms with van der Waals surface area (Å²) in [5, 5.41) is 0. The van der Waals surface area contributed by atoms with E-state index in [9.17, 15) is 0 Å². The Morgan fingerprint density at radius 2 is 1.12 bits per heavy atom. The Hall–Kier alpha value is -1.65. The van der Waals surface area contributed by atoms with E-state index in [2.05, 4.69) is 72.4 Å². The SMILES string of the molecule is C[Si](C)(CCCN1COc2ccccc2C1)O[Si](C)(C)CCCN1COc2ccccc2C1. The van der Waals surface area contributed by atoms with Gasteiger partial charge in [-0.1, -0.05) is 36.4 Å². The van der Waals surface area contributed by atoms with Crippen LogP contribution < -0.4 is 9.47 Å². The van der Waals surface area contributed by atoms with E-state index in [1.54, 1.807) is 0 Å². The zero-order valence-corrected chi connectivity index (χ0v) is 22.8. The van der Waals surface area contributed by atoms with Gasteiger partial charge in [0, 0.05) is 37.3 Å². The molecule has 0 saturated carbocycles. The molecule has 2 aromatic rings. The zero-order chi connectivity index (χ0) is 23.3. The molecule has 0 spiro atoms. The third kappa shape index (κ3) is 7.17. The molecule has 0 aromatic heterocycles. The molecular formula is C26H40N2O3Si2. The number of hydrogen-bond donors (Lipinski definition) is 0. The van der Waals surface area contributed by atoms with Crippen molar-refractivity contribution in [3.63, 3.8) is 0 Å². The van der Waals surface area contributed by atoms with Crippen molar-refractivity contribution < 1.29 is 13.6 Å². The van der Waals surface area contributed by atoms with E-state index in [1.165, 1.54) is 36.1 Å². The minimum absolute atomic E-state index is 0.699. The third-order valence-corrected chi connectivity index (χ3v) is 14.1. The number of para-hydroxylation sites is 2. The first-order valence-electron chi connectivity index (χ1n) is 12.4. The van der Waals surface area contributed by atoms with Crippen molar-refractivity contribution in [2.45, 2.75) is 64.2 Å². The van der Waals surface area contributed by atoms with Gasteiger partial charge in [0.2, 0.25) is 0 Å².